The number of ether oxygens (including phenoxy) is 1. The van der Waals surface area contributed by atoms with Gasteiger partial charge in [-0.1, -0.05) is 0 Å². The fraction of sp³-hybridized carbons (Fsp3) is 0.545. The normalized spacial score (nSPS) is 31.2. The largest absolute Gasteiger partial charge is 0.475 e. The summed E-state index contributed by atoms with van der Waals surface area (Å²) in [7, 11) is 0. The maximum atomic E-state index is 13.2. The molecule has 0 bridgehead atoms. The van der Waals surface area contributed by atoms with Crippen LogP contribution in [0.5, 0.6) is 5.88 Å². The van der Waals surface area contributed by atoms with Crippen LogP contribution in [0.4, 0.5) is 8.78 Å². The smallest absolute Gasteiger partial charge is 0.250 e. The number of pyridine rings is 1. The van der Waals surface area contributed by atoms with Gasteiger partial charge in [0.25, 0.3) is 5.88 Å². The zero-order chi connectivity index (χ0) is 11.1. The fourth-order valence-corrected chi connectivity index (χ4v) is 2.48. The van der Waals surface area contributed by atoms with E-state index in [1.54, 1.807) is 0 Å². The minimum absolute atomic E-state index is 0.0978. The van der Waals surface area contributed by atoms with Gasteiger partial charge in [0.15, 0.2) is 5.82 Å². The van der Waals surface area contributed by atoms with E-state index in [4.69, 9.17) is 4.74 Å². The molecule has 0 spiro atoms. The van der Waals surface area contributed by atoms with Crippen molar-refractivity contribution < 1.29 is 13.5 Å². The monoisotopic (exact) mass is 226 g/mol. The van der Waals surface area contributed by atoms with Crippen molar-refractivity contribution in [1.82, 2.24) is 10.3 Å². The summed E-state index contributed by atoms with van der Waals surface area (Å²) in [4.78, 5) is 3.58. The summed E-state index contributed by atoms with van der Waals surface area (Å²) in [5, 5.41) is 3.27. The Hall–Kier alpha value is -1.23. The summed E-state index contributed by atoms with van der Waals surface area (Å²) in [5.74, 6) is 0.333. The average Bonchev–Trinajstić information content (AvgIpc) is 2.71. The molecule has 2 atom stereocenters. The van der Waals surface area contributed by atoms with Crippen LogP contribution >= 0.6 is 0 Å². The highest BCUT2D eigenvalue weighted by Gasteiger charge is 2.53. The van der Waals surface area contributed by atoms with E-state index in [1.165, 1.54) is 0 Å². The molecule has 0 radical (unpaired) electrons. The van der Waals surface area contributed by atoms with Crippen molar-refractivity contribution in [2.24, 2.45) is 17.8 Å². The van der Waals surface area contributed by atoms with Crippen molar-refractivity contribution in [1.29, 1.82) is 0 Å². The van der Waals surface area contributed by atoms with Gasteiger partial charge in [0.1, 0.15) is 5.82 Å². The molecule has 2 unspecified atom stereocenters. The van der Waals surface area contributed by atoms with Gasteiger partial charge in [0.05, 0.1) is 12.8 Å². The lowest BCUT2D eigenvalue weighted by Gasteiger charge is -2.07. The van der Waals surface area contributed by atoms with E-state index in [9.17, 15) is 8.78 Å². The van der Waals surface area contributed by atoms with E-state index >= 15 is 0 Å². The van der Waals surface area contributed by atoms with Gasteiger partial charge in [0.2, 0.25) is 0 Å². The second-order valence-corrected chi connectivity index (χ2v) is 4.40. The Morgan fingerprint density at radius 1 is 1.38 bits per heavy atom. The first kappa shape index (κ1) is 9.96. The highest BCUT2D eigenvalue weighted by Crippen LogP contribution is 2.48. The zero-order valence-corrected chi connectivity index (χ0v) is 8.62. The minimum atomic E-state index is -0.732. The molecule has 1 aliphatic carbocycles. The molecule has 3 rings (SSSR count). The second-order valence-electron chi connectivity index (χ2n) is 4.40. The molecule has 2 heterocycles. The molecular formula is C11H12F2N2O. The van der Waals surface area contributed by atoms with Gasteiger partial charge in [-0.25, -0.2) is 13.8 Å². The molecular weight excluding hydrogens is 214 g/mol. The number of piperidine rings is 1. The lowest BCUT2D eigenvalue weighted by atomic mass is 10.3. The maximum Gasteiger partial charge on any atom is 0.250 e. The van der Waals surface area contributed by atoms with E-state index < -0.39 is 11.6 Å². The predicted octanol–water partition coefficient (Wildman–Crippen LogP) is 1.20. The number of fused-ring (bicyclic) bond motifs is 1. The summed E-state index contributed by atoms with van der Waals surface area (Å²) in [6, 6.07) is 0.789. The quantitative estimate of drug-likeness (QED) is 0.841. The summed E-state index contributed by atoms with van der Waals surface area (Å²) in [6.45, 7) is 2.53. The van der Waals surface area contributed by atoms with Gasteiger partial charge in [-0.05, 0) is 24.9 Å². The molecule has 3 nitrogen and oxygen atoms in total. The lowest BCUT2D eigenvalue weighted by molar-refractivity contribution is 0.256. The molecule has 1 saturated carbocycles. The third-order valence-electron chi connectivity index (χ3n) is 3.46. The van der Waals surface area contributed by atoms with Crippen LogP contribution in [0.25, 0.3) is 0 Å². The molecule has 0 aromatic carbocycles. The number of hydrogen-bond donors (Lipinski definition) is 1. The molecule has 1 N–H and O–H groups in total. The zero-order valence-electron chi connectivity index (χ0n) is 8.62. The number of halogens is 2. The van der Waals surface area contributed by atoms with Gasteiger partial charge in [-0.15, -0.1) is 0 Å². The summed E-state index contributed by atoms with van der Waals surface area (Å²) >= 11 is 0. The van der Waals surface area contributed by atoms with Crippen molar-refractivity contribution in [2.75, 3.05) is 19.7 Å². The van der Waals surface area contributed by atoms with E-state index in [-0.39, 0.29) is 5.88 Å². The highest BCUT2D eigenvalue weighted by atomic mass is 19.1. The number of rotatable bonds is 3. The van der Waals surface area contributed by atoms with Gasteiger partial charge >= 0.3 is 0 Å². The summed E-state index contributed by atoms with van der Waals surface area (Å²) in [5.41, 5.74) is 0. The molecule has 5 heteroatoms. The topological polar surface area (TPSA) is 34.1 Å². The maximum absolute atomic E-state index is 13.2. The third kappa shape index (κ3) is 1.65. The van der Waals surface area contributed by atoms with E-state index in [0.717, 1.165) is 25.4 Å². The third-order valence-corrected chi connectivity index (χ3v) is 3.46. The number of nitrogens with zero attached hydrogens (tertiary/aromatic N) is 1. The Balaban J connectivity index is 1.59. The van der Waals surface area contributed by atoms with E-state index in [0.29, 0.717) is 24.4 Å². The first-order valence-electron chi connectivity index (χ1n) is 5.40. The van der Waals surface area contributed by atoms with Crippen LogP contribution in [0.2, 0.25) is 0 Å². The Labute approximate surface area is 91.8 Å². The molecule has 2 fully saturated rings. The standard InChI is InChI=1S/C11H12F2N2O/c12-6-1-10(13)11(15-2-6)16-5-9-7-3-14-4-8(7)9/h1-2,7-9,14H,3-5H2. The Bertz CT molecular complexity index is 403. The van der Waals surface area contributed by atoms with Crippen LogP contribution in [0.3, 0.4) is 0 Å². The molecule has 2 aliphatic rings. The molecule has 0 amide bonds. The van der Waals surface area contributed by atoms with Crippen LogP contribution in [-0.2, 0) is 0 Å². The number of hydrogen-bond acceptors (Lipinski definition) is 3. The lowest BCUT2D eigenvalue weighted by Crippen LogP contribution is -2.18. The summed E-state index contributed by atoms with van der Waals surface area (Å²) < 4.78 is 31.0. The van der Waals surface area contributed by atoms with Gasteiger partial charge in [-0.2, -0.15) is 0 Å². The second kappa shape index (κ2) is 3.66. The molecule has 1 aliphatic heterocycles. The molecule has 1 aromatic rings. The first-order chi connectivity index (χ1) is 7.75. The van der Waals surface area contributed by atoms with Crippen LogP contribution in [0.15, 0.2) is 12.3 Å². The van der Waals surface area contributed by atoms with E-state index in [1.807, 2.05) is 0 Å². The van der Waals surface area contributed by atoms with Crippen molar-refractivity contribution in [3.05, 3.63) is 23.9 Å². The van der Waals surface area contributed by atoms with E-state index in [2.05, 4.69) is 10.3 Å². The van der Waals surface area contributed by atoms with Gasteiger partial charge in [-0.3, -0.25) is 0 Å². The minimum Gasteiger partial charge on any atom is -0.475 e. The molecule has 1 aromatic heterocycles. The summed E-state index contributed by atoms with van der Waals surface area (Å²) in [6.07, 6.45) is 0.966. The predicted molar refractivity (Wildman–Crippen MR) is 53.0 cm³/mol. The van der Waals surface area contributed by atoms with Crippen LogP contribution in [0.1, 0.15) is 0 Å². The van der Waals surface area contributed by atoms with Crippen LogP contribution in [-0.4, -0.2) is 24.7 Å². The van der Waals surface area contributed by atoms with Crippen LogP contribution in [0, 0.1) is 29.4 Å². The number of aromatic nitrogens is 1. The van der Waals surface area contributed by atoms with Gasteiger partial charge in [0, 0.05) is 12.0 Å². The highest BCUT2D eigenvalue weighted by molar-refractivity contribution is 5.15. The van der Waals surface area contributed by atoms with Crippen molar-refractivity contribution in [2.45, 2.75) is 0 Å². The van der Waals surface area contributed by atoms with Crippen molar-refractivity contribution in [3.8, 4) is 5.88 Å². The van der Waals surface area contributed by atoms with Crippen molar-refractivity contribution >= 4 is 0 Å². The molecule has 16 heavy (non-hydrogen) atoms. The Morgan fingerprint density at radius 3 is 2.81 bits per heavy atom. The average molecular weight is 226 g/mol. The van der Waals surface area contributed by atoms with Crippen LogP contribution < -0.4 is 10.1 Å². The SMILES string of the molecule is Fc1cnc(OCC2C3CNCC32)c(F)c1. The Morgan fingerprint density at radius 2 is 2.12 bits per heavy atom. The Kier molecular flexibility index (Phi) is 2.28. The van der Waals surface area contributed by atoms with Gasteiger partial charge < -0.3 is 10.1 Å². The first-order valence-corrected chi connectivity index (χ1v) is 5.40. The molecule has 86 valence electrons. The fourth-order valence-electron chi connectivity index (χ4n) is 2.48. The molecule has 1 saturated heterocycles. The van der Waals surface area contributed by atoms with Crippen molar-refractivity contribution in [3.63, 3.8) is 0 Å². The number of nitrogens with one attached hydrogen (secondary N) is 1.